The van der Waals surface area contributed by atoms with E-state index in [0.29, 0.717) is 72.6 Å². The first-order chi connectivity index (χ1) is 28.1. The van der Waals surface area contributed by atoms with Crippen molar-refractivity contribution in [1.82, 2.24) is 35.8 Å². The van der Waals surface area contributed by atoms with Crippen LogP contribution >= 0.6 is 23.4 Å². The second kappa shape index (κ2) is 20.1. The fourth-order valence-corrected chi connectivity index (χ4v) is 8.66. The number of para-hydroxylation sites is 1. The summed E-state index contributed by atoms with van der Waals surface area (Å²) in [6.07, 6.45) is 6.29. The van der Waals surface area contributed by atoms with Gasteiger partial charge in [0.1, 0.15) is 17.1 Å². The average molecular weight is 826 g/mol. The van der Waals surface area contributed by atoms with Gasteiger partial charge in [-0.1, -0.05) is 47.6 Å². The second-order valence-corrected chi connectivity index (χ2v) is 15.9. The lowest BCUT2D eigenvalue weighted by Crippen LogP contribution is -2.57. The van der Waals surface area contributed by atoms with E-state index < -0.39 is 18.1 Å². The number of unbranched alkanes of at least 4 members (excludes halogenated alkanes) is 1. The average Bonchev–Trinajstić information content (AvgIpc) is 3.55. The van der Waals surface area contributed by atoms with E-state index in [-0.39, 0.29) is 30.7 Å². The van der Waals surface area contributed by atoms with Crippen molar-refractivity contribution in [3.05, 3.63) is 100 Å². The van der Waals surface area contributed by atoms with E-state index in [4.69, 9.17) is 32.8 Å². The summed E-state index contributed by atoms with van der Waals surface area (Å²) in [5.74, 6) is -0.599. The second-order valence-electron chi connectivity index (χ2n) is 14.5. The Labute approximate surface area is 348 Å². The predicted octanol–water partition coefficient (Wildman–Crippen LogP) is 5.26. The Bertz CT molecular complexity index is 2230. The van der Waals surface area contributed by atoms with Gasteiger partial charge in [-0.15, -0.1) is 0 Å². The first kappa shape index (κ1) is 42.6. The number of benzene rings is 2. The van der Waals surface area contributed by atoms with E-state index in [2.05, 4.69) is 25.9 Å². The fraction of sp³-hybridized carbons (Fsp3) is 0.372. The quantitative estimate of drug-likeness (QED) is 0.0958. The number of halogens is 1. The third-order valence-corrected chi connectivity index (χ3v) is 12.2. The summed E-state index contributed by atoms with van der Waals surface area (Å²) < 4.78 is 5.40. The molecule has 8 N–H and O–H groups in total. The van der Waals surface area contributed by atoms with Crippen LogP contribution in [0.3, 0.4) is 0 Å². The Morgan fingerprint density at radius 3 is 2.47 bits per heavy atom. The zero-order valence-corrected chi connectivity index (χ0v) is 34.7. The van der Waals surface area contributed by atoms with E-state index in [1.807, 2.05) is 67.6 Å². The molecule has 15 heteroatoms. The molecule has 0 aliphatic carbocycles. The standard InChI is InChI=1S/C43H52ClN9O4S/c1-26-32(31-11-4-5-12-34(31)51-26)23-37-41(55)50-25-30-20-29(27-15-19-47-38(22-27)57-3)21-33(44)39(30)58-42-28(10-9-18-48-42)24-49-35(14-8-17-46)40(54)52-36(13-6-7-16-45)43(56)53(37)2/h4-5,9-12,15,18-22,35-37,49,51H,6-8,13-14,16-17,23-25,45-46H2,1-3H3,(H,50,55)(H,52,54)/t35-,36-,37-/m0/s1. The molecule has 0 fully saturated rings. The number of fused-ring (bicyclic) bond motifs is 3. The summed E-state index contributed by atoms with van der Waals surface area (Å²) in [6.45, 7) is 3.23. The molecule has 0 unspecified atom stereocenters. The molecular formula is C43H52ClN9O4S. The number of H-pyrrole nitrogens is 1. The van der Waals surface area contributed by atoms with Gasteiger partial charge >= 0.3 is 0 Å². The van der Waals surface area contributed by atoms with Gasteiger partial charge in [0.05, 0.1) is 18.2 Å². The SMILES string of the molecule is COc1cc(-c2cc(Cl)c3c(c2)CNC(=O)[C@H](Cc2c(C)[nH]c4ccccc24)N(C)C(=O)[C@H](CCCCN)NC(=O)[C@H](CCCN)NCc2cccnc2S3)ccn1. The van der Waals surface area contributed by atoms with Gasteiger partial charge in [-0.05, 0) is 110 Å². The molecule has 0 saturated carbocycles. The molecule has 0 radical (unpaired) electrons. The highest BCUT2D eigenvalue weighted by atomic mass is 35.5. The van der Waals surface area contributed by atoms with E-state index in [1.54, 1.807) is 26.6 Å². The number of hydrogen-bond acceptors (Lipinski definition) is 10. The summed E-state index contributed by atoms with van der Waals surface area (Å²) in [6, 6.07) is 16.8. The zero-order chi connectivity index (χ0) is 41.2. The van der Waals surface area contributed by atoms with Gasteiger partial charge in [-0.2, -0.15) is 0 Å². The van der Waals surface area contributed by atoms with Crippen LogP contribution in [0.1, 0.15) is 54.5 Å². The number of carbonyl (C=O) groups is 3. The van der Waals surface area contributed by atoms with Crippen molar-refractivity contribution >= 4 is 52.0 Å². The van der Waals surface area contributed by atoms with Crippen molar-refractivity contribution in [2.75, 3.05) is 27.2 Å². The number of hydrogen-bond donors (Lipinski definition) is 6. The highest BCUT2D eigenvalue weighted by Crippen LogP contribution is 2.40. The lowest BCUT2D eigenvalue weighted by atomic mass is 9.99. The Morgan fingerprint density at radius 1 is 0.879 bits per heavy atom. The van der Waals surface area contributed by atoms with Crippen molar-refractivity contribution in [1.29, 1.82) is 0 Å². The molecule has 3 amide bonds. The van der Waals surface area contributed by atoms with Crippen LogP contribution in [0.25, 0.3) is 22.0 Å². The molecule has 2 aromatic carbocycles. The summed E-state index contributed by atoms with van der Waals surface area (Å²) >= 11 is 8.54. The van der Waals surface area contributed by atoms with Gasteiger partial charge in [-0.3, -0.25) is 14.4 Å². The molecule has 4 heterocycles. The van der Waals surface area contributed by atoms with Crippen LogP contribution in [0.4, 0.5) is 0 Å². The number of nitrogens with zero attached hydrogens (tertiary/aromatic N) is 3. The molecule has 5 aromatic rings. The molecule has 0 bridgehead atoms. The van der Waals surface area contributed by atoms with Gasteiger partial charge in [0.15, 0.2) is 0 Å². The maximum absolute atomic E-state index is 14.7. The molecular weight excluding hydrogens is 774 g/mol. The number of carbonyl (C=O) groups excluding carboxylic acids is 3. The minimum absolute atomic E-state index is 0.0978. The lowest BCUT2D eigenvalue weighted by molar-refractivity contribution is -0.142. The minimum atomic E-state index is -0.942. The van der Waals surface area contributed by atoms with Gasteiger partial charge < -0.3 is 42.0 Å². The van der Waals surface area contributed by atoms with Crippen LogP contribution in [-0.2, 0) is 33.9 Å². The summed E-state index contributed by atoms with van der Waals surface area (Å²) in [7, 11) is 3.19. The van der Waals surface area contributed by atoms with Crippen molar-refractivity contribution in [2.24, 2.45) is 11.5 Å². The van der Waals surface area contributed by atoms with Crippen LogP contribution in [-0.4, -0.2) is 82.9 Å². The number of aromatic amines is 1. The Hall–Kier alpha value is -4.99. The number of likely N-dealkylation sites (N-methyl/N-ethyl adjacent to an activating group) is 1. The molecule has 1 aliphatic heterocycles. The summed E-state index contributed by atoms with van der Waals surface area (Å²) in [5.41, 5.74) is 17.8. The van der Waals surface area contributed by atoms with Crippen molar-refractivity contribution in [2.45, 2.75) is 86.6 Å². The highest BCUT2D eigenvalue weighted by Gasteiger charge is 2.34. The molecule has 58 heavy (non-hydrogen) atoms. The number of nitrogens with two attached hydrogens (primary N) is 2. The molecule has 0 saturated heterocycles. The molecule has 0 spiro atoms. The summed E-state index contributed by atoms with van der Waals surface area (Å²) in [4.78, 5) is 58.1. The monoisotopic (exact) mass is 825 g/mol. The number of ether oxygens (including phenoxy) is 1. The Kier molecular flexibility index (Phi) is 14.8. The highest BCUT2D eigenvalue weighted by molar-refractivity contribution is 7.99. The van der Waals surface area contributed by atoms with Gasteiger partial charge in [0.2, 0.25) is 23.6 Å². The van der Waals surface area contributed by atoms with Gasteiger partial charge in [-0.25, -0.2) is 9.97 Å². The van der Waals surface area contributed by atoms with Gasteiger partial charge in [0, 0.05) is 66.5 Å². The molecule has 3 aromatic heterocycles. The van der Waals surface area contributed by atoms with E-state index in [0.717, 1.165) is 44.4 Å². The number of aromatic nitrogens is 3. The number of aryl methyl sites for hydroxylation is 1. The molecule has 306 valence electrons. The normalized spacial score (nSPS) is 18.3. The first-order valence-electron chi connectivity index (χ1n) is 19.6. The first-order valence-corrected chi connectivity index (χ1v) is 20.8. The molecule has 13 nitrogen and oxygen atoms in total. The van der Waals surface area contributed by atoms with Crippen LogP contribution in [0, 0.1) is 6.92 Å². The third-order valence-electron chi connectivity index (χ3n) is 10.6. The van der Waals surface area contributed by atoms with E-state index >= 15 is 0 Å². The predicted molar refractivity (Wildman–Crippen MR) is 228 cm³/mol. The Morgan fingerprint density at radius 2 is 1.67 bits per heavy atom. The molecule has 6 rings (SSSR count). The van der Waals surface area contributed by atoms with Crippen molar-refractivity contribution < 1.29 is 19.1 Å². The smallest absolute Gasteiger partial charge is 0.245 e. The number of amides is 3. The van der Waals surface area contributed by atoms with Gasteiger partial charge in [0.25, 0.3) is 0 Å². The Balaban J connectivity index is 1.46. The van der Waals surface area contributed by atoms with Crippen LogP contribution in [0.2, 0.25) is 5.02 Å². The topological polar surface area (TPSA) is 193 Å². The summed E-state index contributed by atoms with van der Waals surface area (Å²) in [5, 5.41) is 11.8. The minimum Gasteiger partial charge on any atom is -0.481 e. The van der Waals surface area contributed by atoms with E-state index in [1.165, 1.54) is 16.7 Å². The molecule has 3 atom stereocenters. The number of nitrogens with one attached hydrogen (secondary N) is 4. The van der Waals surface area contributed by atoms with Crippen LogP contribution in [0.15, 0.2) is 83.0 Å². The number of methoxy groups -OCH3 is 1. The van der Waals surface area contributed by atoms with Crippen molar-refractivity contribution in [3.63, 3.8) is 0 Å². The molecule has 1 aliphatic rings. The van der Waals surface area contributed by atoms with Crippen molar-refractivity contribution in [3.8, 4) is 17.0 Å². The number of rotatable bonds is 11. The maximum atomic E-state index is 14.7. The van der Waals surface area contributed by atoms with E-state index in [9.17, 15) is 14.4 Å². The third kappa shape index (κ3) is 10.2. The number of pyridine rings is 2. The van der Waals surface area contributed by atoms with Crippen LogP contribution in [0.5, 0.6) is 5.88 Å². The zero-order valence-electron chi connectivity index (χ0n) is 33.1. The fourth-order valence-electron chi connectivity index (χ4n) is 7.31. The van der Waals surface area contributed by atoms with Crippen LogP contribution < -0.4 is 32.2 Å². The largest absolute Gasteiger partial charge is 0.481 e. The maximum Gasteiger partial charge on any atom is 0.245 e. The lowest BCUT2D eigenvalue weighted by Gasteiger charge is -2.32.